The molecule has 0 amide bonds. The van der Waals surface area contributed by atoms with Gasteiger partial charge in [-0.2, -0.15) is 5.10 Å². The molecular weight excluding hydrogens is 206 g/mol. The van der Waals surface area contributed by atoms with Crippen molar-refractivity contribution in [3.8, 4) is 0 Å². The highest BCUT2D eigenvalue weighted by atomic mass is 19.3. The van der Waals surface area contributed by atoms with Crippen LogP contribution in [0, 0.1) is 6.92 Å². The van der Waals surface area contributed by atoms with E-state index in [1.807, 2.05) is 0 Å². The molecule has 6 heteroatoms. The third-order valence-electron chi connectivity index (χ3n) is 2.13. The van der Waals surface area contributed by atoms with Crippen LogP contribution in [0.2, 0.25) is 0 Å². The third-order valence-corrected chi connectivity index (χ3v) is 2.13. The number of carboxylic acids is 1. The van der Waals surface area contributed by atoms with Gasteiger partial charge in [0.25, 0.3) is 6.43 Å². The summed E-state index contributed by atoms with van der Waals surface area (Å²) in [4.78, 5) is 10.8. The molecule has 4 nitrogen and oxygen atoms in total. The Morgan fingerprint density at radius 2 is 2.27 bits per heavy atom. The van der Waals surface area contributed by atoms with E-state index in [2.05, 4.69) is 5.10 Å². The average molecular weight is 218 g/mol. The van der Waals surface area contributed by atoms with E-state index in [4.69, 9.17) is 5.11 Å². The summed E-state index contributed by atoms with van der Waals surface area (Å²) in [6, 6.07) is 0.327. The van der Waals surface area contributed by atoms with E-state index in [9.17, 15) is 13.6 Å². The second-order valence-electron chi connectivity index (χ2n) is 3.22. The Bertz CT molecular complexity index is 363. The van der Waals surface area contributed by atoms with Gasteiger partial charge < -0.3 is 5.11 Å². The zero-order valence-electron chi connectivity index (χ0n) is 8.44. The number of alkyl halides is 2. The van der Waals surface area contributed by atoms with E-state index in [0.717, 1.165) is 4.68 Å². The number of halogens is 2. The molecule has 1 heterocycles. The summed E-state index contributed by atoms with van der Waals surface area (Å²) in [5.41, 5.74) is 0.0479. The molecule has 0 saturated heterocycles. The lowest BCUT2D eigenvalue weighted by Gasteiger charge is -2.11. The van der Waals surface area contributed by atoms with Gasteiger partial charge in [-0.05, 0) is 19.4 Å². The van der Waals surface area contributed by atoms with Gasteiger partial charge >= 0.3 is 5.97 Å². The van der Waals surface area contributed by atoms with E-state index in [1.54, 1.807) is 13.8 Å². The van der Waals surface area contributed by atoms with E-state index >= 15 is 0 Å². The number of aryl methyl sites for hydroxylation is 1. The van der Waals surface area contributed by atoms with E-state index < -0.39 is 18.4 Å². The molecule has 0 saturated carbocycles. The number of nitrogens with zero attached hydrogens (tertiary/aromatic N) is 2. The Morgan fingerprint density at radius 3 is 2.60 bits per heavy atom. The Kier molecular flexibility index (Phi) is 3.39. The number of carboxylic acid groups (broad SMARTS) is 1. The minimum Gasteiger partial charge on any atom is -0.480 e. The molecular formula is C9H12F2N2O2. The van der Waals surface area contributed by atoms with Gasteiger partial charge in [0.1, 0.15) is 11.7 Å². The highest BCUT2D eigenvalue weighted by molar-refractivity contribution is 5.71. The van der Waals surface area contributed by atoms with Crippen LogP contribution >= 0.6 is 0 Å². The monoisotopic (exact) mass is 218 g/mol. The first-order valence-electron chi connectivity index (χ1n) is 4.54. The molecule has 1 aromatic rings. The predicted octanol–water partition coefficient (Wildman–Crippen LogP) is 2.16. The Balaban J connectivity index is 3.07. The Hall–Kier alpha value is -1.46. The summed E-state index contributed by atoms with van der Waals surface area (Å²) in [6.45, 7) is 3.23. The smallest absolute Gasteiger partial charge is 0.328 e. The lowest BCUT2D eigenvalue weighted by molar-refractivity contribution is -0.141. The second kappa shape index (κ2) is 4.37. The zero-order valence-corrected chi connectivity index (χ0v) is 8.44. The van der Waals surface area contributed by atoms with Crippen LogP contribution < -0.4 is 0 Å². The molecule has 0 fully saturated rings. The molecule has 1 rings (SSSR count). The summed E-state index contributed by atoms with van der Waals surface area (Å²) < 4.78 is 25.7. The maximum absolute atomic E-state index is 12.3. The van der Waals surface area contributed by atoms with E-state index in [0.29, 0.717) is 12.1 Å². The molecule has 0 radical (unpaired) electrons. The summed E-state index contributed by atoms with van der Waals surface area (Å²) >= 11 is 0. The molecule has 0 aromatic carbocycles. The molecule has 84 valence electrons. The summed E-state index contributed by atoms with van der Waals surface area (Å²) in [5.74, 6) is -1.07. The normalized spacial score (nSPS) is 13.1. The van der Waals surface area contributed by atoms with Gasteiger partial charge in [0.05, 0.1) is 0 Å². The van der Waals surface area contributed by atoms with Crippen LogP contribution in [0.15, 0.2) is 6.07 Å². The lowest BCUT2D eigenvalue weighted by Crippen LogP contribution is -2.20. The van der Waals surface area contributed by atoms with Crippen molar-refractivity contribution in [2.45, 2.75) is 32.7 Å². The predicted molar refractivity (Wildman–Crippen MR) is 48.9 cm³/mol. The van der Waals surface area contributed by atoms with Gasteiger partial charge in [-0.25, -0.2) is 13.6 Å². The molecule has 0 aliphatic heterocycles. The number of hydrogen-bond acceptors (Lipinski definition) is 2. The molecule has 1 unspecified atom stereocenters. The minimum absolute atomic E-state index is 0.306. The first-order valence-corrected chi connectivity index (χ1v) is 4.54. The fraction of sp³-hybridized carbons (Fsp3) is 0.556. The van der Waals surface area contributed by atoms with Crippen molar-refractivity contribution in [1.82, 2.24) is 9.78 Å². The molecule has 0 bridgehead atoms. The highest BCUT2D eigenvalue weighted by Crippen LogP contribution is 2.21. The Morgan fingerprint density at radius 1 is 1.67 bits per heavy atom. The largest absolute Gasteiger partial charge is 0.480 e. The summed E-state index contributed by atoms with van der Waals surface area (Å²) in [6.07, 6.45) is -2.36. The van der Waals surface area contributed by atoms with Crippen molar-refractivity contribution < 1.29 is 18.7 Å². The van der Waals surface area contributed by atoms with Crippen molar-refractivity contribution in [3.63, 3.8) is 0 Å². The van der Waals surface area contributed by atoms with Gasteiger partial charge in [-0.3, -0.25) is 4.68 Å². The van der Waals surface area contributed by atoms with Crippen LogP contribution in [-0.2, 0) is 4.79 Å². The maximum atomic E-state index is 12.3. The summed E-state index contributed by atoms with van der Waals surface area (Å²) in [7, 11) is 0. The van der Waals surface area contributed by atoms with Gasteiger partial charge in [-0.1, -0.05) is 6.92 Å². The first kappa shape index (κ1) is 11.6. The Labute approximate surface area is 85.5 Å². The minimum atomic E-state index is -2.67. The molecule has 0 aliphatic rings. The van der Waals surface area contributed by atoms with Crippen molar-refractivity contribution >= 4 is 5.97 Å². The van der Waals surface area contributed by atoms with Crippen LogP contribution in [0.3, 0.4) is 0 Å². The lowest BCUT2D eigenvalue weighted by atomic mass is 10.2. The second-order valence-corrected chi connectivity index (χ2v) is 3.22. The number of carbonyl (C=O) groups is 1. The van der Waals surface area contributed by atoms with Crippen LogP contribution in [0.4, 0.5) is 8.78 Å². The van der Waals surface area contributed by atoms with Gasteiger partial charge in [0.2, 0.25) is 0 Å². The van der Waals surface area contributed by atoms with Crippen LogP contribution in [0.5, 0.6) is 0 Å². The van der Waals surface area contributed by atoms with Crippen molar-refractivity contribution in [2.24, 2.45) is 0 Å². The quantitative estimate of drug-likeness (QED) is 0.842. The van der Waals surface area contributed by atoms with Gasteiger partial charge in [0.15, 0.2) is 0 Å². The molecule has 1 N–H and O–H groups in total. The zero-order chi connectivity index (χ0) is 11.6. The molecule has 15 heavy (non-hydrogen) atoms. The van der Waals surface area contributed by atoms with E-state index in [-0.39, 0.29) is 5.69 Å². The molecule has 1 atom stereocenters. The van der Waals surface area contributed by atoms with Crippen LogP contribution in [0.25, 0.3) is 0 Å². The van der Waals surface area contributed by atoms with Crippen molar-refractivity contribution in [3.05, 3.63) is 17.5 Å². The SMILES string of the molecule is CCC(C(=O)O)n1nc(C(F)F)cc1C. The van der Waals surface area contributed by atoms with Crippen LogP contribution in [0.1, 0.15) is 37.2 Å². The standard InChI is InChI=1S/C9H12F2N2O2/c1-3-7(9(14)15)13-5(2)4-6(12-13)8(10)11/h4,7-8H,3H2,1-2H3,(H,14,15). The van der Waals surface area contributed by atoms with Gasteiger partial charge in [0, 0.05) is 5.69 Å². The van der Waals surface area contributed by atoms with E-state index in [1.165, 1.54) is 6.07 Å². The molecule has 1 aromatic heterocycles. The van der Waals surface area contributed by atoms with Crippen LogP contribution in [-0.4, -0.2) is 20.9 Å². The van der Waals surface area contributed by atoms with Gasteiger partial charge in [-0.15, -0.1) is 0 Å². The molecule has 0 aliphatic carbocycles. The third kappa shape index (κ3) is 2.31. The molecule has 0 spiro atoms. The number of aliphatic carboxylic acids is 1. The summed E-state index contributed by atoms with van der Waals surface area (Å²) in [5, 5.41) is 12.4. The van der Waals surface area contributed by atoms with Crippen molar-refractivity contribution in [1.29, 1.82) is 0 Å². The average Bonchev–Trinajstić information content (AvgIpc) is 2.49. The number of hydrogen-bond donors (Lipinski definition) is 1. The number of rotatable bonds is 4. The highest BCUT2D eigenvalue weighted by Gasteiger charge is 2.22. The topological polar surface area (TPSA) is 55.1 Å². The fourth-order valence-corrected chi connectivity index (χ4v) is 1.39. The first-order chi connectivity index (χ1) is 6.97. The fourth-order valence-electron chi connectivity index (χ4n) is 1.39. The number of aromatic nitrogens is 2. The van der Waals surface area contributed by atoms with Crippen molar-refractivity contribution in [2.75, 3.05) is 0 Å². The maximum Gasteiger partial charge on any atom is 0.328 e.